The largest absolute Gasteiger partial charge is 0.711 e. The highest BCUT2D eigenvalue weighted by molar-refractivity contribution is 5.90. The van der Waals surface area contributed by atoms with Gasteiger partial charge in [0.05, 0.1) is 18.1 Å². The molecule has 1 fully saturated rings. The Morgan fingerprint density at radius 3 is 3.00 bits per heavy atom. The molecule has 1 atom stereocenters. The van der Waals surface area contributed by atoms with E-state index in [4.69, 9.17) is 5.11 Å². The lowest BCUT2D eigenvalue weighted by Gasteiger charge is -2.29. The van der Waals surface area contributed by atoms with Crippen LogP contribution in [-0.2, 0) is 0 Å². The first kappa shape index (κ1) is 13.5. The fraction of sp³-hybridized carbons (Fsp3) is 0.333. The van der Waals surface area contributed by atoms with Gasteiger partial charge in [0.2, 0.25) is 0 Å². The van der Waals surface area contributed by atoms with Gasteiger partial charge in [-0.25, -0.2) is 9.52 Å². The fourth-order valence-electron chi connectivity index (χ4n) is 2.80. The number of benzene rings is 1. The Morgan fingerprint density at radius 1 is 1.38 bits per heavy atom. The number of hydrogen-bond acceptors (Lipinski definition) is 3. The number of rotatable bonds is 2. The molecule has 2 heterocycles. The van der Waals surface area contributed by atoms with Crippen molar-refractivity contribution in [3.05, 3.63) is 41.7 Å². The molecule has 0 unspecified atom stereocenters. The number of nitrogens with zero attached hydrogens (tertiary/aromatic N) is 2. The van der Waals surface area contributed by atoms with E-state index in [-0.39, 0.29) is 6.04 Å². The van der Waals surface area contributed by atoms with Gasteiger partial charge < -0.3 is 15.2 Å². The van der Waals surface area contributed by atoms with Crippen molar-refractivity contribution >= 4 is 22.7 Å². The van der Waals surface area contributed by atoms with Crippen LogP contribution in [0.2, 0.25) is 0 Å². The van der Waals surface area contributed by atoms with E-state index >= 15 is 0 Å². The van der Waals surface area contributed by atoms with Gasteiger partial charge >= 0.3 is 6.09 Å². The van der Waals surface area contributed by atoms with Crippen LogP contribution in [0.5, 0.6) is 0 Å². The summed E-state index contributed by atoms with van der Waals surface area (Å²) < 4.78 is 0.808. The van der Waals surface area contributed by atoms with E-state index in [2.05, 4.69) is 5.32 Å². The molecule has 6 nitrogen and oxygen atoms in total. The number of aromatic nitrogens is 1. The molecule has 1 aliphatic rings. The summed E-state index contributed by atoms with van der Waals surface area (Å²) in [5.41, 5.74) is 0. The van der Waals surface area contributed by atoms with Crippen molar-refractivity contribution in [1.82, 2.24) is 4.90 Å². The number of anilines is 1. The van der Waals surface area contributed by atoms with Gasteiger partial charge in [0, 0.05) is 6.54 Å². The zero-order valence-corrected chi connectivity index (χ0v) is 11.5. The Labute approximate surface area is 122 Å². The van der Waals surface area contributed by atoms with Crippen LogP contribution in [0.25, 0.3) is 10.8 Å². The number of likely N-dealkylation sites (tertiary alicyclic amines) is 1. The van der Waals surface area contributed by atoms with Crippen molar-refractivity contribution in [2.75, 3.05) is 18.4 Å². The topological polar surface area (TPSA) is 79.5 Å². The Morgan fingerprint density at radius 2 is 2.19 bits per heavy atom. The number of carbonyl (C=O) groups is 1. The Bertz CT molecular complexity index is 674. The standard InChI is InChI=1S/C15H17N3O3/c19-15(20)17-8-3-5-12(10-17)16-14-13-6-2-1-4-11(13)7-9-18(14)21/h1-2,4,6-7,9,12,16H,3,5,8,10H2,(H,19,20)/t12-/m1/s1. The summed E-state index contributed by atoms with van der Waals surface area (Å²) in [4.78, 5) is 12.5. The van der Waals surface area contributed by atoms with Crippen LogP contribution in [0.3, 0.4) is 0 Å². The van der Waals surface area contributed by atoms with E-state index in [0.29, 0.717) is 18.9 Å². The zero-order chi connectivity index (χ0) is 14.8. The number of piperidine rings is 1. The third-order valence-corrected chi connectivity index (χ3v) is 3.86. The van der Waals surface area contributed by atoms with E-state index < -0.39 is 6.09 Å². The molecule has 1 aromatic carbocycles. The monoisotopic (exact) mass is 287 g/mol. The van der Waals surface area contributed by atoms with E-state index in [0.717, 1.165) is 28.3 Å². The molecule has 0 saturated carbocycles. The first-order valence-electron chi connectivity index (χ1n) is 7.00. The molecule has 2 aromatic rings. The summed E-state index contributed by atoms with van der Waals surface area (Å²) in [6.07, 6.45) is 2.22. The lowest BCUT2D eigenvalue weighted by molar-refractivity contribution is -0.589. The highest BCUT2D eigenvalue weighted by Crippen LogP contribution is 2.22. The second-order valence-corrected chi connectivity index (χ2v) is 5.29. The molecule has 1 aromatic heterocycles. The Kier molecular flexibility index (Phi) is 3.51. The lowest BCUT2D eigenvalue weighted by Crippen LogP contribution is -2.46. The summed E-state index contributed by atoms with van der Waals surface area (Å²) in [5.74, 6) is 0.491. The highest BCUT2D eigenvalue weighted by Gasteiger charge is 2.27. The quantitative estimate of drug-likeness (QED) is 0.654. The number of nitrogens with one attached hydrogen (secondary N) is 1. The maximum Gasteiger partial charge on any atom is 0.407 e. The number of fused-ring (bicyclic) bond motifs is 1. The average Bonchev–Trinajstić information content (AvgIpc) is 2.50. The van der Waals surface area contributed by atoms with Crippen molar-refractivity contribution < 1.29 is 14.6 Å². The third kappa shape index (κ3) is 2.69. The van der Waals surface area contributed by atoms with E-state index in [1.165, 1.54) is 11.1 Å². The Hall–Kier alpha value is -2.50. The van der Waals surface area contributed by atoms with Crippen molar-refractivity contribution in [2.24, 2.45) is 0 Å². The zero-order valence-electron chi connectivity index (χ0n) is 11.5. The molecular weight excluding hydrogens is 270 g/mol. The van der Waals surface area contributed by atoms with Crippen LogP contribution in [0.1, 0.15) is 12.8 Å². The van der Waals surface area contributed by atoms with Gasteiger partial charge in [-0.05, 0) is 30.4 Å². The molecule has 0 bridgehead atoms. The first-order valence-corrected chi connectivity index (χ1v) is 7.00. The van der Waals surface area contributed by atoms with Crippen molar-refractivity contribution in [3.63, 3.8) is 0 Å². The van der Waals surface area contributed by atoms with Crippen molar-refractivity contribution in [1.29, 1.82) is 0 Å². The molecule has 110 valence electrons. The van der Waals surface area contributed by atoms with Gasteiger partial charge in [-0.3, -0.25) is 5.32 Å². The maximum absolute atomic E-state index is 12.0. The molecule has 2 N–H and O–H groups in total. The molecule has 21 heavy (non-hydrogen) atoms. The van der Waals surface area contributed by atoms with Crippen LogP contribution in [0.15, 0.2) is 36.5 Å². The molecule has 1 saturated heterocycles. The van der Waals surface area contributed by atoms with E-state index in [1.54, 1.807) is 6.07 Å². The van der Waals surface area contributed by atoms with Gasteiger partial charge in [0.15, 0.2) is 0 Å². The minimum Gasteiger partial charge on any atom is -0.711 e. The predicted octanol–water partition coefficient (Wildman–Crippen LogP) is 2.03. The molecule has 6 heteroatoms. The van der Waals surface area contributed by atoms with Crippen molar-refractivity contribution in [3.8, 4) is 0 Å². The molecular formula is C15H17N3O3. The SMILES string of the molecule is O=C(O)N1CCC[C@@H](Nc2c3ccccc3cc[n+]2[O-])C1. The minimum absolute atomic E-state index is 0.0409. The molecule has 1 aliphatic heterocycles. The highest BCUT2D eigenvalue weighted by atomic mass is 16.5. The summed E-state index contributed by atoms with van der Waals surface area (Å²) in [5, 5.41) is 26.2. The van der Waals surface area contributed by atoms with Crippen LogP contribution < -0.4 is 10.0 Å². The Balaban J connectivity index is 1.87. The van der Waals surface area contributed by atoms with Crippen LogP contribution in [0, 0.1) is 5.21 Å². The van der Waals surface area contributed by atoms with Crippen molar-refractivity contribution in [2.45, 2.75) is 18.9 Å². The van der Waals surface area contributed by atoms with E-state index in [9.17, 15) is 10.0 Å². The lowest BCUT2D eigenvalue weighted by atomic mass is 10.1. The molecule has 0 spiro atoms. The number of amides is 1. The minimum atomic E-state index is -0.908. The molecule has 0 aliphatic carbocycles. The number of pyridine rings is 1. The third-order valence-electron chi connectivity index (χ3n) is 3.86. The normalized spacial score (nSPS) is 18.7. The van der Waals surface area contributed by atoms with Crippen LogP contribution in [-0.4, -0.2) is 35.2 Å². The predicted molar refractivity (Wildman–Crippen MR) is 79.2 cm³/mol. The maximum atomic E-state index is 12.0. The van der Waals surface area contributed by atoms with Gasteiger partial charge in [-0.2, -0.15) is 0 Å². The van der Waals surface area contributed by atoms with Gasteiger partial charge in [0.25, 0.3) is 5.82 Å². The smallest absolute Gasteiger partial charge is 0.407 e. The second kappa shape index (κ2) is 5.47. The first-order chi connectivity index (χ1) is 10.1. The van der Waals surface area contributed by atoms with Gasteiger partial charge in [-0.15, -0.1) is 0 Å². The van der Waals surface area contributed by atoms with Crippen LogP contribution in [0.4, 0.5) is 10.6 Å². The van der Waals surface area contributed by atoms with Gasteiger partial charge in [-0.1, -0.05) is 18.2 Å². The molecule has 0 radical (unpaired) electrons. The summed E-state index contributed by atoms with van der Waals surface area (Å²) in [7, 11) is 0. The summed E-state index contributed by atoms with van der Waals surface area (Å²) >= 11 is 0. The molecule has 3 rings (SSSR count). The number of carboxylic acid groups (broad SMARTS) is 1. The van der Waals surface area contributed by atoms with Gasteiger partial charge in [0.1, 0.15) is 6.04 Å². The molecule has 1 amide bonds. The average molecular weight is 287 g/mol. The fourth-order valence-corrected chi connectivity index (χ4v) is 2.80. The second-order valence-electron chi connectivity index (χ2n) is 5.29. The van der Waals surface area contributed by atoms with Crippen LogP contribution >= 0.6 is 0 Å². The number of hydrogen-bond donors (Lipinski definition) is 2. The summed E-state index contributed by atoms with van der Waals surface area (Å²) in [6.45, 7) is 0.957. The van der Waals surface area contributed by atoms with E-state index in [1.807, 2.05) is 24.3 Å². The summed E-state index contributed by atoms with van der Waals surface area (Å²) in [6, 6.07) is 9.39.